The van der Waals surface area contributed by atoms with E-state index in [-0.39, 0.29) is 12.5 Å². The Morgan fingerprint density at radius 1 is 1.36 bits per heavy atom. The largest absolute Gasteiger partial charge is 0.491 e. The molecule has 1 N–H and O–H groups in total. The molecule has 0 aliphatic carbocycles. The monoisotopic (exact) mass is 381 g/mol. The van der Waals surface area contributed by atoms with Gasteiger partial charge in [-0.2, -0.15) is 4.98 Å². The molecular formula is C15H16ClN5O3S. The van der Waals surface area contributed by atoms with Crippen molar-refractivity contribution in [3.05, 3.63) is 29.5 Å². The van der Waals surface area contributed by atoms with Gasteiger partial charge in [0.2, 0.25) is 5.91 Å². The van der Waals surface area contributed by atoms with Crippen LogP contribution in [0.2, 0.25) is 5.15 Å². The fourth-order valence-corrected chi connectivity index (χ4v) is 3.17. The number of methoxy groups -OCH3 is 2. The number of halogens is 1. The third kappa shape index (κ3) is 4.06. The molecule has 0 aromatic carbocycles. The zero-order chi connectivity index (χ0) is 18.0. The molecule has 1 aliphatic rings. The number of nitrogens with one attached hydrogen (secondary N) is 1. The Labute approximate surface area is 154 Å². The highest BCUT2D eigenvalue weighted by atomic mass is 35.5. The van der Waals surface area contributed by atoms with Crippen molar-refractivity contribution < 1.29 is 14.3 Å². The lowest BCUT2D eigenvalue weighted by Crippen LogP contribution is -2.27. The van der Waals surface area contributed by atoms with Crippen LogP contribution in [0.3, 0.4) is 0 Å². The Morgan fingerprint density at radius 2 is 2.16 bits per heavy atom. The van der Waals surface area contributed by atoms with Crippen molar-refractivity contribution in [2.75, 3.05) is 37.4 Å². The molecule has 0 unspecified atom stereocenters. The summed E-state index contributed by atoms with van der Waals surface area (Å²) in [5, 5.41) is 3.18. The zero-order valence-corrected chi connectivity index (χ0v) is 15.4. The molecule has 8 nitrogen and oxygen atoms in total. The maximum absolute atomic E-state index is 12.2. The quantitative estimate of drug-likeness (QED) is 0.445. The SMILES string of the molecule is COc1ccc(NC(=O)CN(C)SN2c3cnc(Cl)cc32)nc1OC. The summed E-state index contributed by atoms with van der Waals surface area (Å²) in [6, 6.07) is 5.12. The molecule has 3 rings (SSSR count). The van der Waals surface area contributed by atoms with E-state index in [2.05, 4.69) is 15.3 Å². The van der Waals surface area contributed by atoms with E-state index in [4.69, 9.17) is 21.1 Å². The Bertz CT molecular complexity index is 807. The minimum Gasteiger partial charge on any atom is -0.491 e. The molecule has 1 amide bonds. The molecule has 0 radical (unpaired) electrons. The Morgan fingerprint density at radius 3 is 2.84 bits per heavy atom. The standard InChI is InChI=1S/C15H16ClN5O3S/c1-20(25-21-9-6-12(16)17-7-10(9)21)8-14(22)18-13-5-4-11(23-2)15(19-13)24-3/h4-7H,8H2,1-3H3,(H,18,19,22). The van der Waals surface area contributed by atoms with Crippen LogP contribution >= 0.6 is 23.7 Å². The molecule has 0 atom stereocenters. The maximum atomic E-state index is 12.2. The summed E-state index contributed by atoms with van der Waals surface area (Å²) in [6.07, 6.45) is 1.70. The van der Waals surface area contributed by atoms with Gasteiger partial charge in [0.25, 0.3) is 5.88 Å². The van der Waals surface area contributed by atoms with Gasteiger partial charge in [-0.05, 0) is 19.2 Å². The first-order valence-corrected chi connectivity index (χ1v) is 8.36. The van der Waals surface area contributed by atoms with Crippen molar-refractivity contribution in [1.82, 2.24) is 14.3 Å². The van der Waals surface area contributed by atoms with Gasteiger partial charge >= 0.3 is 0 Å². The van der Waals surface area contributed by atoms with E-state index in [0.29, 0.717) is 22.6 Å². The summed E-state index contributed by atoms with van der Waals surface area (Å²) < 4.78 is 14.0. The normalized spacial score (nSPS) is 12.0. The van der Waals surface area contributed by atoms with Gasteiger partial charge in [0.1, 0.15) is 11.0 Å². The van der Waals surface area contributed by atoms with E-state index in [9.17, 15) is 4.79 Å². The van der Waals surface area contributed by atoms with E-state index in [0.717, 1.165) is 11.4 Å². The molecular weight excluding hydrogens is 366 g/mol. The van der Waals surface area contributed by atoms with Gasteiger partial charge in [-0.25, -0.2) is 9.29 Å². The number of carbonyl (C=O) groups is 1. The average molecular weight is 382 g/mol. The molecule has 2 aromatic rings. The summed E-state index contributed by atoms with van der Waals surface area (Å²) in [7, 11) is 4.84. The summed E-state index contributed by atoms with van der Waals surface area (Å²) >= 11 is 7.25. The van der Waals surface area contributed by atoms with Crippen LogP contribution in [0.15, 0.2) is 24.4 Å². The van der Waals surface area contributed by atoms with Crippen molar-refractivity contribution in [3.8, 4) is 11.6 Å². The highest BCUT2D eigenvalue weighted by Gasteiger charge is 2.32. The fourth-order valence-electron chi connectivity index (χ4n) is 2.14. The van der Waals surface area contributed by atoms with Gasteiger partial charge in [0.15, 0.2) is 5.75 Å². The number of hydrogen-bond donors (Lipinski definition) is 1. The molecule has 0 saturated heterocycles. The lowest BCUT2D eigenvalue weighted by molar-refractivity contribution is -0.116. The van der Waals surface area contributed by atoms with Crippen LogP contribution in [-0.2, 0) is 4.79 Å². The van der Waals surface area contributed by atoms with Crippen LogP contribution in [0.1, 0.15) is 0 Å². The number of nitrogens with zero attached hydrogens (tertiary/aromatic N) is 4. The molecule has 2 aromatic heterocycles. The van der Waals surface area contributed by atoms with Gasteiger partial charge in [-0.15, -0.1) is 0 Å². The van der Waals surface area contributed by atoms with Crippen molar-refractivity contribution in [2.45, 2.75) is 0 Å². The highest BCUT2D eigenvalue weighted by Crippen LogP contribution is 2.53. The van der Waals surface area contributed by atoms with E-state index >= 15 is 0 Å². The number of aromatic nitrogens is 2. The number of likely N-dealkylation sites (N-methyl/N-ethyl adjacent to an activating group) is 1. The first-order chi connectivity index (χ1) is 12.0. The molecule has 0 saturated carbocycles. The van der Waals surface area contributed by atoms with Crippen LogP contribution in [0.25, 0.3) is 0 Å². The minimum atomic E-state index is -0.197. The van der Waals surface area contributed by atoms with Crippen molar-refractivity contribution in [1.29, 1.82) is 0 Å². The number of carbonyl (C=O) groups excluding carboxylic acids is 1. The predicted molar refractivity (Wildman–Crippen MR) is 97.6 cm³/mol. The summed E-state index contributed by atoms with van der Waals surface area (Å²) in [5.74, 6) is 1.01. The van der Waals surface area contributed by atoms with Crippen LogP contribution in [-0.4, -0.2) is 48.0 Å². The second kappa shape index (κ2) is 7.34. The van der Waals surface area contributed by atoms with Crippen LogP contribution in [0.5, 0.6) is 11.6 Å². The van der Waals surface area contributed by atoms with Gasteiger partial charge < -0.3 is 14.8 Å². The number of fused-ring (bicyclic) bond motifs is 1. The first-order valence-electron chi connectivity index (χ1n) is 7.25. The summed E-state index contributed by atoms with van der Waals surface area (Å²) in [4.78, 5) is 20.4. The smallest absolute Gasteiger partial charge is 0.258 e. The summed E-state index contributed by atoms with van der Waals surface area (Å²) in [5.41, 5.74) is 1.99. The molecule has 0 fully saturated rings. The molecule has 0 bridgehead atoms. The molecule has 0 spiro atoms. The van der Waals surface area contributed by atoms with Crippen LogP contribution in [0.4, 0.5) is 17.2 Å². The average Bonchev–Trinajstić information content (AvgIpc) is 3.25. The van der Waals surface area contributed by atoms with E-state index in [1.807, 2.05) is 11.4 Å². The molecule has 25 heavy (non-hydrogen) atoms. The maximum Gasteiger partial charge on any atom is 0.258 e. The Balaban J connectivity index is 1.52. The second-order valence-corrected chi connectivity index (χ2v) is 6.65. The predicted octanol–water partition coefficient (Wildman–Crippen LogP) is 2.73. The number of ether oxygens (including phenoxy) is 2. The number of rotatable bonds is 7. The summed E-state index contributed by atoms with van der Waals surface area (Å²) in [6.45, 7) is 0.173. The molecule has 132 valence electrons. The second-order valence-electron chi connectivity index (χ2n) is 5.11. The van der Waals surface area contributed by atoms with Crippen molar-refractivity contribution in [2.24, 2.45) is 0 Å². The van der Waals surface area contributed by atoms with E-state index in [1.165, 1.54) is 26.4 Å². The van der Waals surface area contributed by atoms with Gasteiger partial charge in [-0.1, -0.05) is 11.6 Å². The van der Waals surface area contributed by atoms with Gasteiger partial charge in [0, 0.05) is 18.2 Å². The minimum absolute atomic E-state index is 0.173. The van der Waals surface area contributed by atoms with Gasteiger partial charge in [-0.3, -0.25) is 9.10 Å². The van der Waals surface area contributed by atoms with E-state index < -0.39 is 0 Å². The van der Waals surface area contributed by atoms with Gasteiger partial charge in [0.05, 0.1) is 38.3 Å². The van der Waals surface area contributed by atoms with Crippen LogP contribution in [0, 0.1) is 0 Å². The Hall–Kier alpha value is -2.23. The fraction of sp³-hybridized carbons (Fsp3) is 0.267. The van der Waals surface area contributed by atoms with Crippen LogP contribution < -0.4 is 19.1 Å². The number of pyridine rings is 2. The van der Waals surface area contributed by atoms with Crippen molar-refractivity contribution >= 4 is 46.8 Å². The lowest BCUT2D eigenvalue weighted by Gasteiger charge is -2.15. The number of hydrogen-bond acceptors (Lipinski definition) is 8. The van der Waals surface area contributed by atoms with E-state index in [1.54, 1.807) is 28.7 Å². The zero-order valence-electron chi connectivity index (χ0n) is 13.8. The topological polar surface area (TPSA) is 79.6 Å². The Kier molecular flexibility index (Phi) is 5.16. The third-order valence-electron chi connectivity index (χ3n) is 3.31. The van der Waals surface area contributed by atoms with Crippen molar-refractivity contribution in [3.63, 3.8) is 0 Å². The lowest BCUT2D eigenvalue weighted by atomic mass is 10.4. The highest BCUT2D eigenvalue weighted by molar-refractivity contribution is 7.99. The first kappa shape index (κ1) is 17.6. The number of amides is 1. The number of anilines is 3. The molecule has 3 heterocycles. The molecule has 1 aliphatic heterocycles. The molecule has 10 heteroatoms. The third-order valence-corrected chi connectivity index (χ3v) is 4.48.